The van der Waals surface area contributed by atoms with E-state index in [0.717, 1.165) is 17.7 Å². The van der Waals surface area contributed by atoms with E-state index in [1.54, 1.807) is 0 Å². The first-order chi connectivity index (χ1) is 9.63. The highest BCUT2D eigenvalue weighted by Crippen LogP contribution is 2.33. The van der Waals surface area contributed by atoms with Crippen molar-refractivity contribution in [1.29, 1.82) is 0 Å². The lowest BCUT2D eigenvalue weighted by Gasteiger charge is -2.44. The van der Waals surface area contributed by atoms with Gasteiger partial charge in [-0.1, -0.05) is 18.2 Å². The lowest BCUT2D eigenvalue weighted by atomic mass is 9.97. The SMILES string of the molecule is OC[C@@H]1O[C@@H](N2CCc3ccccc32)[C@@H](O)[C@H](O)[C@@H]1O. The molecule has 0 amide bonds. The third kappa shape index (κ3) is 2.10. The number of hydrogen-bond donors (Lipinski definition) is 4. The summed E-state index contributed by atoms with van der Waals surface area (Å²) in [6.45, 7) is 0.263. The molecule has 0 saturated carbocycles. The van der Waals surface area contributed by atoms with Crippen molar-refractivity contribution in [3.63, 3.8) is 0 Å². The lowest BCUT2D eigenvalue weighted by molar-refractivity contribution is -0.228. The molecule has 0 spiro atoms. The zero-order chi connectivity index (χ0) is 14.3. The Morgan fingerprint density at radius 1 is 1.10 bits per heavy atom. The minimum Gasteiger partial charge on any atom is -0.394 e. The van der Waals surface area contributed by atoms with Gasteiger partial charge >= 0.3 is 0 Å². The molecule has 2 heterocycles. The Kier molecular flexibility index (Phi) is 3.66. The van der Waals surface area contributed by atoms with E-state index in [-0.39, 0.29) is 0 Å². The number of fused-ring (bicyclic) bond motifs is 1. The van der Waals surface area contributed by atoms with Crippen molar-refractivity contribution in [1.82, 2.24) is 0 Å². The van der Waals surface area contributed by atoms with Crippen molar-refractivity contribution < 1.29 is 25.2 Å². The summed E-state index contributed by atoms with van der Waals surface area (Å²) in [5.41, 5.74) is 2.11. The van der Waals surface area contributed by atoms with Gasteiger partial charge in [0.05, 0.1) is 6.61 Å². The van der Waals surface area contributed by atoms with Gasteiger partial charge in [-0.05, 0) is 18.1 Å². The lowest BCUT2D eigenvalue weighted by Crippen LogP contribution is -2.63. The molecular weight excluding hydrogens is 262 g/mol. The van der Waals surface area contributed by atoms with Crippen molar-refractivity contribution in [2.75, 3.05) is 18.1 Å². The summed E-state index contributed by atoms with van der Waals surface area (Å²) in [6, 6.07) is 7.81. The van der Waals surface area contributed by atoms with Crippen LogP contribution < -0.4 is 4.90 Å². The van der Waals surface area contributed by atoms with Gasteiger partial charge in [0.15, 0.2) is 6.23 Å². The highest BCUT2D eigenvalue weighted by atomic mass is 16.6. The first-order valence-corrected chi connectivity index (χ1v) is 6.78. The Balaban J connectivity index is 1.87. The van der Waals surface area contributed by atoms with Crippen LogP contribution in [0.4, 0.5) is 5.69 Å². The summed E-state index contributed by atoms with van der Waals surface area (Å²) < 4.78 is 5.59. The number of anilines is 1. The number of rotatable bonds is 2. The monoisotopic (exact) mass is 281 g/mol. The summed E-state index contributed by atoms with van der Waals surface area (Å²) in [7, 11) is 0. The normalized spacial score (nSPS) is 37.0. The number of aliphatic hydroxyl groups is 4. The van der Waals surface area contributed by atoms with Gasteiger partial charge in [-0.15, -0.1) is 0 Å². The van der Waals surface area contributed by atoms with Gasteiger partial charge in [-0.3, -0.25) is 0 Å². The molecule has 0 bridgehead atoms. The van der Waals surface area contributed by atoms with Crippen molar-refractivity contribution in [3.05, 3.63) is 29.8 Å². The first kappa shape index (κ1) is 13.8. The summed E-state index contributed by atoms with van der Waals surface area (Å²) in [6.07, 6.45) is -4.67. The zero-order valence-electron chi connectivity index (χ0n) is 11.0. The molecular formula is C14H19NO5. The van der Waals surface area contributed by atoms with Crippen LogP contribution in [0, 0.1) is 0 Å². The van der Waals surface area contributed by atoms with Crippen LogP contribution in [0.25, 0.3) is 0 Å². The van der Waals surface area contributed by atoms with Gasteiger partial charge in [0.2, 0.25) is 0 Å². The van der Waals surface area contributed by atoms with Gasteiger partial charge in [0, 0.05) is 12.2 Å². The van der Waals surface area contributed by atoms with E-state index in [1.807, 2.05) is 29.2 Å². The fraction of sp³-hybridized carbons (Fsp3) is 0.571. The molecule has 1 aromatic rings. The van der Waals surface area contributed by atoms with Crippen LogP contribution in [0.1, 0.15) is 5.56 Å². The maximum atomic E-state index is 10.1. The van der Waals surface area contributed by atoms with Gasteiger partial charge in [0.25, 0.3) is 0 Å². The Labute approximate surface area is 116 Å². The molecule has 5 atom stereocenters. The summed E-state index contributed by atoms with van der Waals surface area (Å²) in [5, 5.41) is 39.0. The highest BCUT2D eigenvalue weighted by Gasteiger charge is 2.46. The van der Waals surface area contributed by atoms with Crippen molar-refractivity contribution in [3.8, 4) is 0 Å². The second kappa shape index (κ2) is 5.31. The maximum Gasteiger partial charge on any atom is 0.159 e. The largest absolute Gasteiger partial charge is 0.394 e. The average Bonchev–Trinajstić information content (AvgIpc) is 2.89. The molecule has 20 heavy (non-hydrogen) atoms. The molecule has 6 heteroatoms. The Morgan fingerprint density at radius 3 is 2.60 bits per heavy atom. The fourth-order valence-corrected chi connectivity index (χ4v) is 2.97. The molecule has 4 N–H and O–H groups in total. The van der Waals surface area contributed by atoms with Gasteiger partial charge < -0.3 is 30.1 Å². The Bertz CT molecular complexity index is 480. The number of benzene rings is 1. The molecule has 6 nitrogen and oxygen atoms in total. The number of ether oxygens (including phenoxy) is 1. The molecule has 1 saturated heterocycles. The second-order valence-electron chi connectivity index (χ2n) is 5.29. The van der Waals surface area contributed by atoms with Crippen LogP contribution in [0.2, 0.25) is 0 Å². The number of nitrogens with zero attached hydrogens (tertiary/aromatic N) is 1. The van der Waals surface area contributed by atoms with Crippen LogP contribution in [0.5, 0.6) is 0 Å². The van der Waals surface area contributed by atoms with E-state index in [2.05, 4.69) is 0 Å². The van der Waals surface area contributed by atoms with E-state index in [9.17, 15) is 20.4 Å². The van der Waals surface area contributed by atoms with Crippen LogP contribution in [0.3, 0.4) is 0 Å². The highest BCUT2D eigenvalue weighted by molar-refractivity contribution is 5.58. The van der Waals surface area contributed by atoms with Crippen LogP contribution in [0.15, 0.2) is 24.3 Å². The van der Waals surface area contributed by atoms with Gasteiger partial charge in [0.1, 0.15) is 24.4 Å². The summed E-state index contributed by atoms with van der Waals surface area (Å²) in [4.78, 5) is 1.87. The molecule has 3 rings (SSSR count). The van der Waals surface area contributed by atoms with E-state index in [1.165, 1.54) is 0 Å². The minimum atomic E-state index is -1.33. The molecule has 0 unspecified atom stereocenters. The second-order valence-corrected chi connectivity index (χ2v) is 5.29. The molecule has 1 aromatic carbocycles. The number of aliphatic hydroxyl groups excluding tert-OH is 4. The smallest absolute Gasteiger partial charge is 0.159 e. The van der Waals surface area contributed by atoms with E-state index in [0.29, 0.717) is 6.54 Å². The van der Waals surface area contributed by atoms with Gasteiger partial charge in [-0.2, -0.15) is 0 Å². The topological polar surface area (TPSA) is 93.4 Å². The molecule has 0 aromatic heterocycles. The summed E-state index contributed by atoms with van der Waals surface area (Å²) >= 11 is 0. The Hall–Kier alpha value is -1.18. The molecule has 2 aliphatic rings. The van der Waals surface area contributed by atoms with E-state index in [4.69, 9.17) is 4.74 Å². The van der Waals surface area contributed by atoms with Crippen molar-refractivity contribution >= 4 is 5.69 Å². The predicted octanol–water partition coefficient (Wildman–Crippen LogP) is -1.15. The molecule has 1 fully saturated rings. The summed E-state index contributed by atoms with van der Waals surface area (Å²) in [5.74, 6) is 0. The molecule has 2 aliphatic heterocycles. The standard InChI is InChI=1S/C14H19NO5/c16-7-10-11(17)12(18)13(19)14(20-10)15-6-5-8-3-1-2-4-9(8)15/h1-4,10-14,16-19H,5-7H2/t10-,11+,12+,13-,14+/m0/s1. The Morgan fingerprint density at radius 2 is 1.85 bits per heavy atom. The van der Waals surface area contributed by atoms with Gasteiger partial charge in [-0.25, -0.2) is 0 Å². The third-order valence-corrected chi connectivity index (χ3v) is 4.10. The minimum absolute atomic E-state index is 0.406. The van der Waals surface area contributed by atoms with Crippen LogP contribution in [-0.2, 0) is 11.2 Å². The van der Waals surface area contributed by atoms with Crippen molar-refractivity contribution in [2.45, 2.75) is 37.1 Å². The first-order valence-electron chi connectivity index (χ1n) is 6.78. The van der Waals surface area contributed by atoms with Crippen LogP contribution in [-0.4, -0.2) is 64.2 Å². The molecule has 110 valence electrons. The number of hydrogen-bond acceptors (Lipinski definition) is 6. The average molecular weight is 281 g/mol. The maximum absolute atomic E-state index is 10.1. The van der Waals surface area contributed by atoms with E-state index < -0.39 is 37.3 Å². The third-order valence-electron chi connectivity index (χ3n) is 4.10. The predicted molar refractivity (Wildman–Crippen MR) is 71.3 cm³/mol. The van der Waals surface area contributed by atoms with E-state index >= 15 is 0 Å². The fourth-order valence-electron chi connectivity index (χ4n) is 2.97. The van der Waals surface area contributed by atoms with Crippen LogP contribution >= 0.6 is 0 Å². The molecule has 0 radical (unpaired) electrons. The molecule has 0 aliphatic carbocycles. The number of para-hydroxylation sites is 1. The van der Waals surface area contributed by atoms with Crippen molar-refractivity contribution in [2.24, 2.45) is 0 Å². The quantitative estimate of drug-likeness (QED) is 0.547. The zero-order valence-corrected chi connectivity index (χ0v) is 11.0.